The van der Waals surface area contributed by atoms with Gasteiger partial charge in [0, 0.05) is 0 Å². The first-order valence-electron chi connectivity index (χ1n) is 6.70. The molecule has 0 saturated heterocycles. The summed E-state index contributed by atoms with van der Waals surface area (Å²) < 4.78 is 27.8. The number of hydrogen-bond acceptors (Lipinski definition) is 1. The Labute approximate surface area is 106 Å². The van der Waals surface area contributed by atoms with E-state index in [9.17, 15) is 13.9 Å². The number of aliphatic hydroxyl groups excluding tert-OH is 1. The average molecular weight is 252 g/mol. The molecule has 3 rings (SSSR count). The van der Waals surface area contributed by atoms with Gasteiger partial charge >= 0.3 is 0 Å². The Morgan fingerprint density at radius 3 is 2.61 bits per heavy atom. The second-order valence-corrected chi connectivity index (χ2v) is 5.88. The van der Waals surface area contributed by atoms with Crippen molar-refractivity contribution in [3.63, 3.8) is 0 Å². The molecular formula is C15H18F2O. The van der Waals surface area contributed by atoms with Gasteiger partial charge in [0.2, 0.25) is 0 Å². The lowest BCUT2D eigenvalue weighted by Gasteiger charge is -2.27. The van der Waals surface area contributed by atoms with Gasteiger partial charge in [-0.2, -0.15) is 0 Å². The molecule has 3 heteroatoms. The Hall–Kier alpha value is -0.960. The summed E-state index contributed by atoms with van der Waals surface area (Å²) in [6.07, 6.45) is 3.36. The van der Waals surface area contributed by atoms with Crippen LogP contribution < -0.4 is 0 Å². The van der Waals surface area contributed by atoms with Crippen LogP contribution in [0.15, 0.2) is 12.1 Å². The van der Waals surface area contributed by atoms with Crippen LogP contribution >= 0.6 is 0 Å². The Morgan fingerprint density at radius 2 is 2.00 bits per heavy atom. The molecule has 0 heterocycles. The molecule has 0 radical (unpaired) electrons. The average Bonchev–Trinajstić information content (AvgIpc) is 2.96. The van der Waals surface area contributed by atoms with Crippen LogP contribution in [-0.2, 0) is 0 Å². The van der Waals surface area contributed by atoms with Crippen LogP contribution in [-0.4, -0.2) is 5.11 Å². The van der Waals surface area contributed by atoms with Gasteiger partial charge in [0.15, 0.2) is 0 Å². The van der Waals surface area contributed by atoms with Crippen molar-refractivity contribution in [1.29, 1.82) is 0 Å². The Kier molecular flexibility index (Phi) is 2.89. The molecule has 2 fully saturated rings. The third-order valence-corrected chi connectivity index (χ3v) is 4.81. The predicted molar refractivity (Wildman–Crippen MR) is 65.0 cm³/mol. The SMILES string of the molecule is Cc1ccc(F)c(C(O)C2CC3CCC2C3)c1F. The Bertz CT molecular complexity index is 472. The van der Waals surface area contributed by atoms with Crippen LogP contribution in [0.4, 0.5) is 8.78 Å². The number of aliphatic hydroxyl groups is 1. The molecule has 1 aromatic rings. The molecule has 2 aliphatic rings. The van der Waals surface area contributed by atoms with Crippen molar-refractivity contribution in [2.45, 2.75) is 38.7 Å². The van der Waals surface area contributed by atoms with Crippen LogP contribution in [0.1, 0.15) is 42.9 Å². The van der Waals surface area contributed by atoms with E-state index in [0.717, 1.165) is 19.3 Å². The molecule has 2 bridgehead atoms. The maximum Gasteiger partial charge on any atom is 0.134 e. The number of benzene rings is 1. The van der Waals surface area contributed by atoms with Crippen molar-refractivity contribution in [1.82, 2.24) is 0 Å². The zero-order valence-electron chi connectivity index (χ0n) is 10.5. The lowest BCUT2D eigenvalue weighted by Crippen LogP contribution is -2.21. The number of aryl methyl sites for hydroxylation is 1. The molecule has 98 valence electrons. The summed E-state index contributed by atoms with van der Waals surface area (Å²) >= 11 is 0. The van der Waals surface area contributed by atoms with Crippen molar-refractivity contribution >= 4 is 0 Å². The molecule has 0 spiro atoms. The molecule has 2 aliphatic carbocycles. The highest BCUT2D eigenvalue weighted by Crippen LogP contribution is 2.53. The summed E-state index contributed by atoms with van der Waals surface area (Å²) in [6.45, 7) is 1.60. The monoisotopic (exact) mass is 252 g/mol. The highest BCUT2D eigenvalue weighted by atomic mass is 19.1. The van der Waals surface area contributed by atoms with Gasteiger partial charge in [-0.3, -0.25) is 0 Å². The van der Waals surface area contributed by atoms with E-state index in [1.807, 2.05) is 0 Å². The first kappa shape index (κ1) is 12.1. The van der Waals surface area contributed by atoms with Crippen LogP contribution in [0.3, 0.4) is 0 Å². The largest absolute Gasteiger partial charge is 0.388 e. The summed E-state index contributed by atoms with van der Waals surface area (Å²) in [5, 5.41) is 10.3. The Balaban J connectivity index is 1.93. The summed E-state index contributed by atoms with van der Waals surface area (Å²) in [7, 11) is 0. The van der Waals surface area contributed by atoms with Crippen LogP contribution in [0, 0.1) is 36.3 Å². The van der Waals surface area contributed by atoms with E-state index in [2.05, 4.69) is 0 Å². The number of rotatable bonds is 2. The van der Waals surface area contributed by atoms with Gasteiger partial charge in [0.05, 0.1) is 11.7 Å². The van der Waals surface area contributed by atoms with Crippen LogP contribution in [0.5, 0.6) is 0 Å². The van der Waals surface area contributed by atoms with Gasteiger partial charge in [-0.05, 0) is 55.6 Å². The summed E-state index contributed by atoms with van der Waals surface area (Å²) in [5.74, 6) is -0.0527. The van der Waals surface area contributed by atoms with E-state index in [-0.39, 0.29) is 11.5 Å². The van der Waals surface area contributed by atoms with Gasteiger partial charge in [-0.25, -0.2) is 8.78 Å². The van der Waals surface area contributed by atoms with Gasteiger partial charge in [-0.15, -0.1) is 0 Å². The molecule has 0 aliphatic heterocycles. The zero-order valence-corrected chi connectivity index (χ0v) is 10.5. The van der Waals surface area contributed by atoms with Gasteiger partial charge < -0.3 is 5.11 Å². The molecule has 1 nitrogen and oxygen atoms in total. The topological polar surface area (TPSA) is 20.2 Å². The summed E-state index contributed by atoms with van der Waals surface area (Å²) in [4.78, 5) is 0. The molecule has 4 unspecified atom stereocenters. The Morgan fingerprint density at radius 1 is 1.22 bits per heavy atom. The molecule has 0 amide bonds. The zero-order chi connectivity index (χ0) is 12.9. The van der Waals surface area contributed by atoms with Gasteiger partial charge in [0.1, 0.15) is 11.6 Å². The molecule has 0 aromatic heterocycles. The van der Waals surface area contributed by atoms with Gasteiger partial charge in [-0.1, -0.05) is 12.5 Å². The normalized spacial score (nSPS) is 31.9. The number of hydrogen-bond donors (Lipinski definition) is 1. The second kappa shape index (κ2) is 4.30. The van der Waals surface area contributed by atoms with Crippen LogP contribution in [0.25, 0.3) is 0 Å². The maximum atomic E-state index is 14.0. The fourth-order valence-electron chi connectivity index (χ4n) is 3.84. The van der Waals surface area contributed by atoms with Crippen molar-refractivity contribution in [2.24, 2.45) is 17.8 Å². The van der Waals surface area contributed by atoms with Crippen molar-refractivity contribution in [2.75, 3.05) is 0 Å². The minimum absolute atomic E-state index is 0.0366. The van der Waals surface area contributed by atoms with E-state index in [4.69, 9.17) is 0 Å². The van der Waals surface area contributed by atoms with E-state index >= 15 is 0 Å². The van der Waals surface area contributed by atoms with Gasteiger partial charge in [0.25, 0.3) is 0 Å². The van der Waals surface area contributed by atoms with E-state index in [1.165, 1.54) is 18.6 Å². The van der Waals surface area contributed by atoms with E-state index in [1.54, 1.807) is 6.92 Å². The molecule has 1 aromatic carbocycles. The first-order chi connectivity index (χ1) is 8.58. The summed E-state index contributed by atoms with van der Waals surface area (Å²) in [6, 6.07) is 2.67. The lowest BCUT2D eigenvalue weighted by atomic mass is 9.81. The first-order valence-corrected chi connectivity index (χ1v) is 6.70. The maximum absolute atomic E-state index is 14.0. The minimum atomic E-state index is -0.986. The molecule has 18 heavy (non-hydrogen) atoms. The molecule has 4 atom stereocenters. The lowest BCUT2D eigenvalue weighted by molar-refractivity contribution is 0.0680. The van der Waals surface area contributed by atoms with Crippen molar-refractivity contribution < 1.29 is 13.9 Å². The highest BCUT2D eigenvalue weighted by molar-refractivity contribution is 5.29. The number of fused-ring (bicyclic) bond motifs is 2. The van der Waals surface area contributed by atoms with Crippen molar-refractivity contribution in [3.8, 4) is 0 Å². The fourth-order valence-corrected chi connectivity index (χ4v) is 3.84. The third kappa shape index (κ3) is 1.76. The number of halogens is 2. The van der Waals surface area contributed by atoms with Crippen molar-refractivity contribution in [3.05, 3.63) is 34.9 Å². The standard InChI is InChI=1S/C15H18F2O/c1-8-2-5-12(16)13(14(8)17)15(18)11-7-9-3-4-10(11)6-9/h2,5,9-11,15,18H,3-4,6-7H2,1H3. The second-order valence-electron chi connectivity index (χ2n) is 5.88. The predicted octanol–water partition coefficient (Wildman–Crippen LogP) is 3.74. The smallest absolute Gasteiger partial charge is 0.134 e. The molecule has 1 N–H and O–H groups in total. The highest BCUT2D eigenvalue weighted by Gasteiger charge is 2.44. The third-order valence-electron chi connectivity index (χ3n) is 4.81. The molecule has 2 saturated carbocycles. The van der Waals surface area contributed by atoms with Crippen LogP contribution in [0.2, 0.25) is 0 Å². The van der Waals surface area contributed by atoms with E-state index in [0.29, 0.717) is 17.4 Å². The van der Waals surface area contributed by atoms with E-state index < -0.39 is 17.7 Å². The molecular weight excluding hydrogens is 234 g/mol. The minimum Gasteiger partial charge on any atom is -0.388 e. The fraction of sp³-hybridized carbons (Fsp3) is 0.600. The summed E-state index contributed by atoms with van der Waals surface area (Å²) in [5.41, 5.74) is 0.279. The quantitative estimate of drug-likeness (QED) is 0.850.